The van der Waals surface area contributed by atoms with Crippen LogP contribution in [0.4, 0.5) is 0 Å². The van der Waals surface area contributed by atoms with E-state index in [1.807, 2.05) is 38.1 Å². The van der Waals surface area contributed by atoms with E-state index in [1.54, 1.807) is 0 Å². The summed E-state index contributed by atoms with van der Waals surface area (Å²) < 4.78 is 0. The first kappa shape index (κ1) is 13.1. The van der Waals surface area contributed by atoms with Crippen molar-refractivity contribution < 1.29 is 4.79 Å². The van der Waals surface area contributed by atoms with Crippen LogP contribution < -0.4 is 5.32 Å². The average Bonchev–Trinajstić information content (AvgIpc) is 2.72. The number of nitrogens with one attached hydrogen (secondary N) is 1. The summed E-state index contributed by atoms with van der Waals surface area (Å²) in [5.74, 6) is -0.0623. The molecule has 0 saturated heterocycles. The molecule has 1 amide bonds. The highest BCUT2D eigenvalue weighted by Crippen LogP contribution is 2.28. The second-order valence-corrected chi connectivity index (χ2v) is 5.24. The van der Waals surface area contributed by atoms with E-state index in [4.69, 9.17) is 11.6 Å². The van der Waals surface area contributed by atoms with Gasteiger partial charge in [-0.2, -0.15) is 0 Å². The van der Waals surface area contributed by atoms with Gasteiger partial charge in [0.25, 0.3) is 5.91 Å². The first-order chi connectivity index (χ1) is 8.61. The van der Waals surface area contributed by atoms with E-state index in [2.05, 4.69) is 10.3 Å². The molecule has 0 spiro atoms. The average molecular weight is 281 g/mol. The van der Waals surface area contributed by atoms with Crippen LogP contribution >= 0.6 is 22.9 Å². The third-order valence-corrected chi connectivity index (χ3v) is 3.89. The predicted octanol–water partition coefficient (Wildman–Crippen LogP) is 3.52. The Bertz CT molecular complexity index is 563. The number of amides is 1. The molecule has 0 aliphatic carbocycles. The number of aryl methyl sites for hydroxylation is 1. The molecule has 0 aliphatic heterocycles. The Morgan fingerprint density at radius 3 is 2.67 bits per heavy atom. The van der Waals surface area contributed by atoms with Gasteiger partial charge in [0.15, 0.2) is 0 Å². The smallest absolute Gasteiger partial charge is 0.263 e. The zero-order valence-electron chi connectivity index (χ0n) is 10.2. The van der Waals surface area contributed by atoms with Gasteiger partial charge in [-0.25, -0.2) is 4.98 Å². The molecule has 1 N–H and O–H groups in total. The number of thiazole rings is 1. The lowest BCUT2D eigenvalue weighted by atomic mass is 10.2. The summed E-state index contributed by atoms with van der Waals surface area (Å²) >= 11 is 7.25. The van der Waals surface area contributed by atoms with E-state index in [1.165, 1.54) is 11.3 Å². The number of aromatic nitrogens is 1. The van der Waals surface area contributed by atoms with Crippen LogP contribution in [0.1, 0.15) is 22.3 Å². The molecule has 0 saturated carbocycles. The van der Waals surface area contributed by atoms with Gasteiger partial charge in [-0.05, 0) is 26.0 Å². The standard InChI is InChI=1S/C13H13ClN2OS/c1-3-15-12(17)11-8(2)16-13(18-11)9-4-6-10(14)7-5-9/h4-7H,3H2,1-2H3,(H,15,17). The number of rotatable bonds is 3. The Hall–Kier alpha value is -1.39. The van der Waals surface area contributed by atoms with Gasteiger partial charge in [-0.3, -0.25) is 4.79 Å². The minimum Gasteiger partial charge on any atom is -0.352 e. The molecule has 2 aromatic rings. The Morgan fingerprint density at radius 2 is 2.06 bits per heavy atom. The molecule has 0 aliphatic rings. The number of carbonyl (C=O) groups excluding carboxylic acids is 1. The molecule has 1 aromatic heterocycles. The van der Waals surface area contributed by atoms with E-state index < -0.39 is 0 Å². The molecular weight excluding hydrogens is 268 g/mol. The number of halogens is 1. The van der Waals surface area contributed by atoms with Gasteiger partial charge in [-0.1, -0.05) is 23.7 Å². The predicted molar refractivity (Wildman–Crippen MR) is 75.3 cm³/mol. The highest BCUT2D eigenvalue weighted by Gasteiger charge is 2.15. The molecule has 1 heterocycles. The van der Waals surface area contributed by atoms with Crippen LogP contribution in [0.5, 0.6) is 0 Å². The van der Waals surface area contributed by atoms with E-state index in [9.17, 15) is 4.79 Å². The van der Waals surface area contributed by atoms with Crippen LogP contribution in [-0.4, -0.2) is 17.4 Å². The van der Waals surface area contributed by atoms with Gasteiger partial charge in [0.2, 0.25) is 0 Å². The van der Waals surface area contributed by atoms with Crippen LogP contribution in [0, 0.1) is 6.92 Å². The normalized spacial score (nSPS) is 10.4. The fourth-order valence-corrected chi connectivity index (χ4v) is 2.68. The fourth-order valence-electron chi connectivity index (χ4n) is 1.56. The third-order valence-electron chi connectivity index (χ3n) is 2.43. The van der Waals surface area contributed by atoms with E-state index >= 15 is 0 Å². The Labute approximate surface area is 115 Å². The molecule has 18 heavy (non-hydrogen) atoms. The van der Waals surface area contributed by atoms with Crippen molar-refractivity contribution in [3.05, 3.63) is 39.9 Å². The van der Waals surface area contributed by atoms with Crippen molar-refractivity contribution in [3.63, 3.8) is 0 Å². The van der Waals surface area contributed by atoms with Crippen molar-refractivity contribution in [2.75, 3.05) is 6.54 Å². The maximum atomic E-state index is 11.8. The molecule has 5 heteroatoms. The summed E-state index contributed by atoms with van der Waals surface area (Å²) in [6.45, 7) is 4.36. The topological polar surface area (TPSA) is 42.0 Å². The minimum atomic E-state index is -0.0623. The first-order valence-electron chi connectivity index (χ1n) is 5.63. The van der Waals surface area contributed by atoms with Crippen LogP contribution in [0.2, 0.25) is 5.02 Å². The van der Waals surface area contributed by atoms with E-state index in [0.717, 1.165) is 16.3 Å². The van der Waals surface area contributed by atoms with Crippen LogP contribution in [0.15, 0.2) is 24.3 Å². The summed E-state index contributed by atoms with van der Waals surface area (Å²) in [6.07, 6.45) is 0. The number of carbonyl (C=O) groups is 1. The number of hydrogen-bond acceptors (Lipinski definition) is 3. The monoisotopic (exact) mass is 280 g/mol. The molecule has 2 rings (SSSR count). The third kappa shape index (κ3) is 2.71. The van der Waals surface area contributed by atoms with E-state index in [0.29, 0.717) is 16.4 Å². The maximum absolute atomic E-state index is 11.8. The molecule has 0 unspecified atom stereocenters. The summed E-state index contributed by atoms with van der Waals surface area (Å²) in [5.41, 5.74) is 1.74. The molecule has 0 atom stereocenters. The van der Waals surface area contributed by atoms with Crippen LogP contribution in [-0.2, 0) is 0 Å². The zero-order chi connectivity index (χ0) is 13.1. The highest BCUT2D eigenvalue weighted by atomic mass is 35.5. The Balaban J connectivity index is 2.34. The quantitative estimate of drug-likeness (QED) is 0.935. The molecule has 0 fully saturated rings. The van der Waals surface area contributed by atoms with Crippen molar-refractivity contribution in [1.29, 1.82) is 0 Å². The van der Waals surface area contributed by atoms with Crippen molar-refractivity contribution in [3.8, 4) is 10.6 Å². The van der Waals surface area contributed by atoms with Crippen molar-refractivity contribution in [1.82, 2.24) is 10.3 Å². The summed E-state index contributed by atoms with van der Waals surface area (Å²) in [6, 6.07) is 7.45. The maximum Gasteiger partial charge on any atom is 0.263 e. The van der Waals surface area contributed by atoms with Crippen LogP contribution in [0.3, 0.4) is 0 Å². The lowest BCUT2D eigenvalue weighted by Crippen LogP contribution is -2.22. The molecular formula is C13H13ClN2OS. The van der Waals surface area contributed by atoms with Gasteiger partial charge in [0.1, 0.15) is 9.88 Å². The summed E-state index contributed by atoms with van der Waals surface area (Å²) in [7, 11) is 0. The van der Waals surface area contributed by atoms with Gasteiger partial charge in [0, 0.05) is 17.1 Å². The highest BCUT2D eigenvalue weighted by molar-refractivity contribution is 7.17. The lowest BCUT2D eigenvalue weighted by molar-refractivity contribution is 0.0959. The van der Waals surface area contributed by atoms with Crippen molar-refractivity contribution in [2.24, 2.45) is 0 Å². The molecule has 94 valence electrons. The van der Waals surface area contributed by atoms with Crippen molar-refractivity contribution >= 4 is 28.8 Å². The number of hydrogen-bond donors (Lipinski definition) is 1. The van der Waals surface area contributed by atoms with Gasteiger partial charge in [0.05, 0.1) is 5.69 Å². The number of nitrogens with zero attached hydrogens (tertiary/aromatic N) is 1. The second kappa shape index (κ2) is 5.50. The van der Waals surface area contributed by atoms with E-state index in [-0.39, 0.29) is 5.91 Å². The van der Waals surface area contributed by atoms with Gasteiger partial charge in [-0.15, -0.1) is 11.3 Å². The Morgan fingerprint density at radius 1 is 1.39 bits per heavy atom. The molecule has 3 nitrogen and oxygen atoms in total. The largest absolute Gasteiger partial charge is 0.352 e. The molecule has 0 bridgehead atoms. The second-order valence-electron chi connectivity index (χ2n) is 3.80. The molecule has 0 radical (unpaired) electrons. The molecule has 1 aromatic carbocycles. The van der Waals surface area contributed by atoms with Crippen LogP contribution in [0.25, 0.3) is 10.6 Å². The van der Waals surface area contributed by atoms with Crippen molar-refractivity contribution in [2.45, 2.75) is 13.8 Å². The van der Waals surface area contributed by atoms with Gasteiger partial charge >= 0.3 is 0 Å². The zero-order valence-corrected chi connectivity index (χ0v) is 11.7. The first-order valence-corrected chi connectivity index (χ1v) is 6.83. The lowest BCUT2D eigenvalue weighted by Gasteiger charge is -1.98. The summed E-state index contributed by atoms with van der Waals surface area (Å²) in [4.78, 5) is 16.9. The summed E-state index contributed by atoms with van der Waals surface area (Å²) in [5, 5.41) is 4.32. The fraction of sp³-hybridized carbons (Fsp3) is 0.231. The Kier molecular flexibility index (Phi) is 3.99. The number of benzene rings is 1. The van der Waals surface area contributed by atoms with Gasteiger partial charge < -0.3 is 5.32 Å². The minimum absolute atomic E-state index is 0.0623. The SMILES string of the molecule is CCNC(=O)c1sc(-c2ccc(Cl)cc2)nc1C.